The Balaban J connectivity index is 1.27. The summed E-state index contributed by atoms with van der Waals surface area (Å²) in [7, 11) is 1.64. The quantitative estimate of drug-likeness (QED) is 0.257. The van der Waals surface area contributed by atoms with Crippen LogP contribution in [0.15, 0.2) is 60.7 Å². The molecule has 2 aliphatic carbocycles. The lowest BCUT2D eigenvalue weighted by atomic mass is 9.68. The van der Waals surface area contributed by atoms with E-state index in [1.807, 2.05) is 30.3 Å². The van der Waals surface area contributed by atoms with Crippen LogP contribution in [0.4, 0.5) is 5.69 Å². The lowest BCUT2D eigenvalue weighted by molar-refractivity contribution is -0.114. The minimum Gasteiger partial charge on any atom is -0.497 e. The van der Waals surface area contributed by atoms with E-state index in [0.717, 1.165) is 67.0 Å². The second kappa shape index (κ2) is 12.6. The van der Waals surface area contributed by atoms with Crippen molar-refractivity contribution < 1.29 is 28.9 Å². The van der Waals surface area contributed by atoms with E-state index in [1.54, 1.807) is 25.3 Å². The van der Waals surface area contributed by atoms with Gasteiger partial charge in [-0.1, -0.05) is 29.8 Å². The summed E-state index contributed by atoms with van der Waals surface area (Å²) in [5, 5.41) is 10.5. The van der Waals surface area contributed by atoms with Crippen molar-refractivity contribution in [3.8, 4) is 11.5 Å². The van der Waals surface area contributed by atoms with Crippen LogP contribution in [0.1, 0.15) is 59.2 Å². The lowest BCUT2D eigenvalue weighted by Gasteiger charge is -2.46. The molecule has 1 heterocycles. The summed E-state index contributed by atoms with van der Waals surface area (Å²) in [5.41, 5.74) is 4.38. The molecule has 3 aromatic carbocycles. The Hall–Kier alpha value is -3.55. The number of fused-ring (bicyclic) bond motifs is 3. The molecule has 1 saturated carbocycles. The molecule has 3 aromatic rings. The van der Waals surface area contributed by atoms with Crippen molar-refractivity contribution in [1.29, 1.82) is 0 Å². The number of methoxy groups -OCH3 is 1. The fourth-order valence-corrected chi connectivity index (χ4v) is 7.42. The van der Waals surface area contributed by atoms with Crippen LogP contribution in [0.25, 0.3) is 0 Å². The zero-order valence-electron chi connectivity index (χ0n) is 24.5. The van der Waals surface area contributed by atoms with Crippen LogP contribution in [-0.2, 0) is 28.0 Å². The molecule has 1 spiro atoms. The van der Waals surface area contributed by atoms with Crippen LogP contribution in [-0.4, -0.2) is 50.3 Å². The molecule has 1 fully saturated rings. The highest BCUT2D eigenvalue weighted by molar-refractivity contribution is 6.30. The molecule has 7 nitrogen and oxygen atoms in total. The number of aldehydes is 1. The van der Waals surface area contributed by atoms with Gasteiger partial charge in [-0.2, -0.15) is 0 Å². The molecule has 0 amide bonds. The Bertz CT molecular complexity index is 1480. The van der Waals surface area contributed by atoms with Crippen LogP contribution in [0.3, 0.4) is 0 Å². The van der Waals surface area contributed by atoms with Crippen LogP contribution in [0.5, 0.6) is 11.5 Å². The molecule has 3 aliphatic rings. The number of halogens is 1. The van der Waals surface area contributed by atoms with Gasteiger partial charge in [-0.25, -0.2) is 4.79 Å². The van der Waals surface area contributed by atoms with Gasteiger partial charge >= 0.3 is 5.97 Å². The summed E-state index contributed by atoms with van der Waals surface area (Å²) in [6, 6.07) is 19.1. The number of hydrogen-bond donors (Lipinski definition) is 1. The summed E-state index contributed by atoms with van der Waals surface area (Å²) in [6.07, 6.45) is 6.13. The van der Waals surface area contributed by atoms with Gasteiger partial charge in [0.15, 0.2) is 0 Å². The second-order valence-corrected chi connectivity index (χ2v) is 12.6. The van der Waals surface area contributed by atoms with E-state index in [9.17, 15) is 14.7 Å². The molecule has 1 aliphatic heterocycles. The first-order valence-corrected chi connectivity index (χ1v) is 15.5. The number of aromatic carboxylic acids is 1. The average Bonchev–Trinajstić information content (AvgIpc) is 3.15. The monoisotopic (exact) mass is 603 g/mol. The fourth-order valence-electron chi connectivity index (χ4n) is 7.23. The molecule has 226 valence electrons. The number of hydrogen-bond acceptors (Lipinski definition) is 6. The molecule has 0 aromatic heterocycles. The Morgan fingerprint density at radius 2 is 2.00 bits per heavy atom. The standard InChI is InChI=1S/C35H38ClNO6/c1-41-28-9-4-23(5-10-28)20-42-32(14-16-38)29-11-6-26(29)19-37-21-35(15-2-3-24-17-27(36)8-12-30(24)35)22-43-33-13-7-25(34(39)40)18-31(33)37/h4-5,7-10,12-13,16-18,26,29,32H,2-3,6,11,14-15,19-22H2,1H3,(H,39,40)/t26-,29+,32-,35?/m0/s1. The van der Waals surface area contributed by atoms with E-state index in [1.165, 1.54) is 11.1 Å². The van der Waals surface area contributed by atoms with Crippen molar-refractivity contribution in [3.63, 3.8) is 0 Å². The molecular formula is C35H38ClNO6. The molecule has 1 unspecified atom stereocenters. The first-order valence-electron chi connectivity index (χ1n) is 15.1. The zero-order valence-corrected chi connectivity index (χ0v) is 25.2. The van der Waals surface area contributed by atoms with E-state index >= 15 is 0 Å². The van der Waals surface area contributed by atoms with Gasteiger partial charge in [0.1, 0.15) is 17.8 Å². The predicted molar refractivity (Wildman–Crippen MR) is 166 cm³/mol. The van der Waals surface area contributed by atoms with Gasteiger partial charge in [0.05, 0.1) is 37.7 Å². The predicted octanol–water partition coefficient (Wildman–Crippen LogP) is 6.72. The Kier molecular flexibility index (Phi) is 8.64. The van der Waals surface area contributed by atoms with Crippen LogP contribution in [0.2, 0.25) is 5.02 Å². The molecule has 1 N–H and O–H groups in total. The molecule has 0 radical (unpaired) electrons. The summed E-state index contributed by atoms with van der Waals surface area (Å²) in [5.74, 6) is 1.07. The van der Waals surface area contributed by atoms with Gasteiger partial charge in [0.2, 0.25) is 0 Å². The third-order valence-corrected chi connectivity index (χ3v) is 9.88. The maximum atomic E-state index is 12.0. The normalized spacial score (nSPS) is 23.3. The summed E-state index contributed by atoms with van der Waals surface area (Å²) in [4.78, 5) is 26.0. The second-order valence-electron chi connectivity index (χ2n) is 12.2. The van der Waals surface area contributed by atoms with Crippen molar-refractivity contribution in [1.82, 2.24) is 0 Å². The highest BCUT2D eigenvalue weighted by Gasteiger charge is 2.44. The fraction of sp³-hybridized carbons (Fsp3) is 0.429. The van der Waals surface area contributed by atoms with Crippen molar-refractivity contribution >= 4 is 29.5 Å². The molecule has 0 saturated heterocycles. The van der Waals surface area contributed by atoms with Crippen molar-refractivity contribution in [2.24, 2.45) is 11.8 Å². The number of carbonyl (C=O) groups excluding carboxylic acids is 1. The van der Waals surface area contributed by atoms with E-state index < -0.39 is 5.97 Å². The molecule has 0 bridgehead atoms. The van der Waals surface area contributed by atoms with E-state index in [4.69, 9.17) is 25.8 Å². The molecule has 6 rings (SSSR count). The Morgan fingerprint density at radius 3 is 2.72 bits per heavy atom. The zero-order chi connectivity index (χ0) is 30.0. The number of rotatable bonds is 10. The summed E-state index contributed by atoms with van der Waals surface area (Å²) >= 11 is 6.39. The molecule has 8 heteroatoms. The smallest absolute Gasteiger partial charge is 0.335 e. The minimum atomic E-state index is -0.959. The van der Waals surface area contributed by atoms with Crippen LogP contribution < -0.4 is 14.4 Å². The number of aryl methyl sites for hydroxylation is 1. The highest BCUT2D eigenvalue weighted by Crippen LogP contribution is 2.47. The third-order valence-electron chi connectivity index (χ3n) is 9.64. The minimum absolute atomic E-state index is 0.182. The van der Waals surface area contributed by atoms with Crippen LogP contribution in [0, 0.1) is 11.8 Å². The number of carboxylic acids is 1. The highest BCUT2D eigenvalue weighted by atomic mass is 35.5. The number of ether oxygens (including phenoxy) is 3. The topological polar surface area (TPSA) is 85.3 Å². The van der Waals surface area contributed by atoms with Gasteiger partial charge in [-0.05, 0) is 103 Å². The first-order chi connectivity index (χ1) is 20.9. The van der Waals surface area contributed by atoms with Gasteiger partial charge in [0.25, 0.3) is 0 Å². The summed E-state index contributed by atoms with van der Waals surface area (Å²) in [6.45, 7) is 2.39. The number of anilines is 1. The van der Waals surface area contributed by atoms with Gasteiger partial charge in [-0.15, -0.1) is 0 Å². The van der Waals surface area contributed by atoms with E-state index in [0.29, 0.717) is 37.8 Å². The van der Waals surface area contributed by atoms with Gasteiger partial charge in [0, 0.05) is 29.9 Å². The number of carboxylic acid groups (broad SMARTS) is 1. The largest absolute Gasteiger partial charge is 0.497 e. The molecule has 4 atom stereocenters. The first kappa shape index (κ1) is 29.5. The van der Waals surface area contributed by atoms with Crippen molar-refractivity contribution in [3.05, 3.63) is 87.9 Å². The summed E-state index contributed by atoms with van der Waals surface area (Å²) < 4.78 is 18.1. The van der Waals surface area contributed by atoms with Gasteiger partial charge in [-0.3, -0.25) is 0 Å². The van der Waals surface area contributed by atoms with Crippen molar-refractivity contribution in [2.75, 3.05) is 31.7 Å². The van der Waals surface area contributed by atoms with Crippen LogP contribution >= 0.6 is 11.6 Å². The SMILES string of the molecule is COc1ccc(CO[C@@H](CC=O)[C@@H]2CC[C@H]2CN2CC3(CCCc4cc(Cl)ccc43)COc3ccc(C(=O)O)cc32)cc1. The average molecular weight is 604 g/mol. The Morgan fingerprint density at radius 1 is 1.16 bits per heavy atom. The maximum absolute atomic E-state index is 12.0. The van der Waals surface area contributed by atoms with E-state index in [-0.39, 0.29) is 23.0 Å². The molecule has 43 heavy (non-hydrogen) atoms. The Labute approximate surface area is 257 Å². The number of carbonyl (C=O) groups is 2. The maximum Gasteiger partial charge on any atom is 0.335 e. The number of benzene rings is 3. The molecular weight excluding hydrogens is 566 g/mol. The lowest BCUT2D eigenvalue weighted by Crippen LogP contribution is -2.50. The van der Waals surface area contributed by atoms with Crippen molar-refractivity contribution in [2.45, 2.75) is 56.7 Å². The van der Waals surface area contributed by atoms with Gasteiger partial charge < -0.3 is 29.0 Å². The number of nitrogens with zero attached hydrogens (tertiary/aromatic N) is 1. The third kappa shape index (κ3) is 6.11. The van der Waals surface area contributed by atoms with E-state index in [2.05, 4.69) is 17.0 Å².